The van der Waals surface area contributed by atoms with Crippen LogP contribution in [0.2, 0.25) is 0 Å². The lowest BCUT2D eigenvalue weighted by Gasteiger charge is -2.22. The Labute approximate surface area is 158 Å². The molecule has 1 amide bonds. The van der Waals surface area contributed by atoms with Crippen LogP contribution in [-0.2, 0) is 19.4 Å². The average molecular weight is 364 g/mol. The van der Waals surface area contributed by atoms with Crippen molar-refractivity contribution in [3.63, 3.8) is 0 Å². The fourth-order valence-corrected chi connectivity index (χ4v) is 3.64. The van der Waals surface area contributed by atoms with Crippen LogP contribution in [0.5, 0.6) is 0 Å². The minimum Gasteiger partial charge on any atom is -0.469 e. The number of carbonyl (C=O) groups excluding carboxylic acids is 1. The highest BCUT2D eigenvalue weighted by molar-refractivity contribution is 5.93. The molecule has 0 bridgehead atoms. The van der Waals surface area contributed by atoms with E-state index in [4.69, 9.17) is 4.42 Å². The summed E-state index contributed by atoms with van der Waals surface area (Å²) in [7, 11) is 0. The molecule has 6 nitrogen and oxygen atoms in total. The van der Waals surface area contributed by atoms with E-state index in [1.54, 1.807) is 10.9 Å². The first-order valence-electron chi connectivity index (χ1n) is 9.50. The Morgan fingerprint density at radius 3 is 2.81 bits per heavy atom. The number of aromatic nitrogens is 3. The maximum absolute atomic E-state index is 12.8. The zero-order chi connectivity index (χ0) is 18.8. The third-order valence-electron chi connectivity index (χ3n) is 5.32. The van der Waals surface area contributed by atoms with Crippen LogP contribution in [0.25, 0.3) is 0 Å². The van der Waals surface area contributed by atoms with Gasteiger partial charge in [0.05, 0.1) is 24.5 Å². The summed E-state index contributed by atoms with van der Waals surface area (Å²) in [6.07, 6.45) is 5.56. The Kier molecular flexibility index (Phi) is 4.79. The van der Waals surface area contributed by atoms with Crippen LogP contribution in [-0.4, -0.2) is 20.9 Å². The molecule has 1 aliphatic rings. The van der Waals surface area contributed by atoms with Gasteiger partial charge in [-0.2, -0.15) is 0 Å². The Balaban J connectivity index is 1.48. The lowest BCUT2D eigenvalue weighted by molar-refractivity contribution is 0.0926. The number of hydrogen-bond donors (Lipinski definition) is 1. The normalized spacial score (nSPS) is 16.1. The van der Waals surface area contributed by atoms with Crippen LogP contribution < -0.4 is 5.32 Å². The number of nitrogens with zero attached hydrogens (tertiary/aromatic N) is 3. The van der Waals surface area contributed by atoms with E-state index in [-0.39, 0.29) is 11.9 Å². The van der Waals surface area contributed by atoms with Gasteiger partial charge in [-0.25, -0.2) is 4.68 Å². The third kappa shape index (κ3) is 3.52. The molecule has 27 heavy (non-hydrogen) atoms. The fraction of sp³-hybridized carbons (Fsp3) is 0.381. The third-order valence-corrected chi connectivity index (χ3v) is 5.32. The summed E-state index contributed by atoms with van der Waals surface area (Å²) < 4.78 is 7.28. The minimum atomic E-state index is -0.181. The largest absolute Gasteiger partial charge is 0.469 e. The SMILES string of the molecule is CCc1ccc(Cn2nnc(C(=O)N[C@@H]3CCCc4occc43)c2C)cc1. The lowest BCUT2D eigenvalue weighted by atomic mass is 9.93. The Morgan fingerprint density at radius 2 is 2.04 bits per heavy atom. The van der Waals surface area contributed by atoms with E-state index >= 15 is 0 Å². The van der Waals surface area contributed by atoms with E-state index in [1.165, 1.54) is 5.56 Å². The number of nitrogens with one attached hydrogen (secondary N) is 1. The molecule has 0 aliphatic heterocycles. The van der Waals surface area contributed by atoms with Crippen molar-refractivity contribution in [3.05, 3.63) is 70.4 Å². The van der Waals surface area contributed by atoms with Crippen molar-refractivity contribution in [3.8, 4) is 0 Å². The summed E-state index contributed by atoms with van der Waals surface area (Å²) in [6, 6.07) is 10.4. The van der Waals surface area contributed by atoms with Crippen LogP contribution in [0.3, 0.4) is 0 Å². The second-order valence-corrected chi connectivity index (χ2v) is 7.07. The predicted octanol–water partition coefficient (Wildman–Crippen LogP) is 3.60. The van der Waals surface area contributed by atoms with Crippen molar-refractivity contribution in [1.29, 1.82) is 0 Å². The summed E-state index contributed by atoms with van der Waals surface area (Å²) in [5.41, 5.74) is 4.68. The first kappa shape index (κ1) is 17.5. The second-order valence-electron chi connectivity index (χ2n) is 7.07. The molecule has 6 heteroatoms. The van der Waals surface area contributed by atoms with E-state index in [1.807, 2.05) is 13.0 Å². The van der Waals surface area contributed by atoms with E-state index in [9.17, 15) is 4.79 Å². The van der Waals surface area contributed by atoms with Crippen LogP contribution in [0.4, 0.5) is 0 Å². The molecule has 2 heterocycles. The molecule has 1 aliphatic carbocycles. The molecule has 140 valence electrons. The van der Waals surface area contributed by atoms with E-state index < -0.39 is 0 Å². The molecular weight excluding hydrogens is 340 g/mol. The monoisotopic (exact) mass is 364 g/mol. The van der Waals surface area contributed by atoms with Crippen molar-refractivity contribution in [2.24, 2.45) is 0 Å². The molecule has 4 rings (SSSR count). The van der Waals surface area contributed by atoms with Gasteiger partial charge in [-0.3, -0.25) is 4.79 Å². The molecule has 0 radical (unpaired) electrons. The highest BCUT2D eigenvalue weighted by atomic mass is 16.3. The maximum Gasteiger partial charge on any atom is 0.274 e. The number of rotatable bonds is 5. The van der Waals surface area contributed by atoms with Gasteiger partial charge in [0.2, 0.25) is 0 Å². The molecule has 2 aromatic heterocycles. The number of amides is 1. The zero-order valence-corrected chi connectivity index (χ0v) is 15.7. The Bertz CT molecular complexity index is 940. The Hall–Kier alpha value is -2.89. The molecule has 0 spiro atoms. The van der Waals surface area contributed by atoms with E-state index in [0.29, 0.717) is 12.2 Å². The summed E-state index contributed by atoms with van der Waals surface area (Å²) in [5, 5.41) is 11.4. The van der Waals surface area contributed by atoms with Crippen molar-refractivity contribution in [2.75, 3.05) is 0 Å². The van der Waals surface area contributed by atoms with Gasteiger partial charge in [-0.05, 0) is 43.4 Å². The molecular formula is C21H24N4O2. The van der Waals surface area contributed by atoms with E-state index in [0.717, 1.165) is 48.3 Å². The first-order valence-corrected chi connectivity index (χ1v) is 9.50. The summed E-state index contributed by atoms with van der Waals surface area (Å²) >= 11 is 0. The average Bonchev–Trinajstić information content (AvgIpc) is 3.30. The van der Waals surface area contributed by atoms with Gasteiger partial charge in [0, 0.05) is 12.0 Å². The van der Waals surface area contributed by atoms with Gasteiger partial charge in [0.1, 0.15) is 5.76 Å². The summed E-state index contributed by atoms with van der Waals surface area (Å²) in [6.45, 7) is 4.63. The molecule has 0 saturated heterocycles. The highest BCUT2D eigenvalue weighted by Gasteiger charge is 2.26. The number of hydrogen-bond acceptors (Lipinski definition) is 4. The first-order chi connectivity index (χ1) is 13.2. The van der Waals surface area contributed by atoms with Crippen molar-refractivity contribution >= 4 is 5.91 Å². The summed E-state index contributed by atoms with van der Waals surface area (Å²) in [5.74, 6) is 0.793. The van der Waals surface area contributed by atoms with Crippen molar-refractivity contribution < 1.29 is 9.21 Å². The molecule has 3 aromatic rings. The Morgan fingerprint density at radius 1 is 1.26 bits per heavy atom. The number of fused-ring (bicyclic) bond motifs is 1. The van der Waals surface area contributed by atoms with Crippen LogP contribution >= 0.6 is 0 Å². The number of carbonyl (C=O) groups is 1. The quantitative estimate of drug-likeness (QED) is 0.751. The molecule has 0 unspecified atom stereocenters. The minimum absolute atomic E-state index is 0.0221. The van der Waals surface area contributed by atoms with Crippen LogP contribution in [0.15, 0.2) is 41.0 Å². The smallest absolute Gasteiger partial charge is 0.274 e. The number of aryl methyl sites for hydroxylation is 2. The van der Waals surface area contributed by atoms with Gasteiger partial charge in [0.25, 0.3) is 5.91 Å². The number of furan rings is 1. The van der Waals surface area contributed by atoms with Crippen LogP contribution in [0, 0.1) is 6.92 Å². The van der Waals surface area contributed by atoms with Gasteiger partial charge >= 0.3 is 0 Å². The topological polar surface area (TPSA) is 73.0 Å². The molecule has 0 fully saturated rings. The van der Waals surface area contributed by atoms with Crippen molar-refractivity contribution in [1.82, 2.24) is 20.3 Å². The molecule has 1 atom stereocenters. The maximum atomic E-state index is 12.8. The second kappa shape index (κ2) is 7.39. The van der Waals surface area contributed by atoms with E-state index in [2.05, 4.69) is 46.8 Å². The van der Waals surface area contributed by atoms with Gasteiger partial charge < -0.3 is 9.73 Å². The lowest BCUT2D eigenvalue weighted by Crippen LogP contribution is -2.31. The van der Waals surface area contributed by atoms with Crippen LogP contribution in [0.1, 0.15) is 64.4 Å². The van der Waals surface area contributed by atoms with Gasteiger partial charge in [-0.15, -0.1) is 5.10 Å². The highest BCUT2D eigenvalue weighted by Crippen LogP contribution is 2.30. The molecule has 1 N–H and O–H groups in total. The van der Waals surface area contributed by atoms with Gasteiger partial charge in [0.15, 0.2) is 5.69 Å². The zero-order valence-electron chi connectivity index (χ0n) is 15.7. The molecule has 0 saturated carbocycles. The summed E-state index contributed by atoms with van der Waals surface area (Å²) in [4.78, 5) is 12.8. The number of benzene rings is 1. The van der Waals surface area contributed by atoms with Crippen molar-refractivity contribution in [2.45, 2.75) is 52.1 Å². The predicted molar refractivity (Wildman–Crippen MR) is 102 cm³/mol. The molecule has 1 aromatic carbocycles. The van der Waals surface area contributed by atoms with Gasteiger partial charge in [-0.1, -0.05) is 36.4 Å². The fourth-order valence-electron chi connectivity index (χ4n) is 3.64. The standard InChI is InChI=1S/C21H24N4O2/c1-3-15-7-9-16(10-8-15)13-25-14(2)20(23-24-25)21(26)22-18-5-4-6-19-17(18)11-12-27-19/h7-12,18H,3-6,13H2,1-2H3,(H,22,26)/t18-/m1/s1.